The fourth-order valence-electron chi connectivity index (χ4n) is 2.91. The van der Waals surface area contributed by atoms with Crippen molar-refractivity contribution in [2.75, 3.05) is 7.11 Å². The number of carbonyl (C=O) groups excluding carboxylic acids is 1. The molecule has 0 radical (unpaired) electrons. The van der Waals surface area contributed by atoms with Gasteiger partial charge in [-0.1, -0.05) is 47.7 Å². The van der Waals surface area contributed by atoms with Crippen molar-refractivity contribution in [2.45, 2.75) is 0 Å². The van der Waals surface area contributed by atoms with Gasteiger partial charge >= 0.3 is 0 Å². The molecule has 0 aliphatic heterocycles. The number of para-hydroxylation sites is 1. The van der Waals surface area contributed by atoms with Crippen LogP contribution in [0.4, 0.5) is 0 Å². The second kappa shape index (κ2) is 6.18. The van der Waals surface area contributed by atoms with E-state index in [-0.39, 0.29) is 5.91 Å². The van der Waals surface area contributed by atoms with E-state index in [2.05, 4.69) is 4.99 Å². The van der Waals surface area contributed by atoms with E-state index in [4.69, 9.17) is 4.74 Å². The lowest BCUT2D eigenvalue weighted by atomic mass is 10.1. The Hall–Kier alpha value is -2.92. The smallest absolute Gasteiger partial charge is 0.279 e. The summed E-state index contributed by atoms with van der Waals surface area (Å²) in [5.74, 6) is 0.530. The van der Waals surface area contributed by atoms with E-state index >= 15 is 0 Å². The van der Waals surface area contributed by atoms with Crippen molar-refractivity contribution < 1.29 is 9.53 Å². The summed E-state index contributed by atoms with van der Waals surface area (Å²) in [7, 11) is 3.54. The molecule has 1 aromatic heterocycles. The molecule has 4 nitrogen and oxygen atoms in total. The molecule has 0 unspecified atom stereocenters. The first-order chi connectivity index (χ1) is 12.2. The summed E-state index contributed by atoms with van der Waals surface area (Å²) in [6, 6.07) is 19.5. The summed E-state index contributed by atoms with van der Waals surface area (Å²) in [4.78, 5) is 17.6. The van der Waals surface area contributed by atoms with Gasteiger partial charge in [0.1, 0.15) is 11.3 Å². The molecule has 4 rings (SSSR count). The van der Waals surface area contributed by atoms with E-state index in [9.17, 15) is 4.79 Å². The van der Waals surface area contributed by atoms with E-state index in [1.807, 2.05) is 72.3 Å². The average Bonchev–Trinajstić information content (AvgIpc) is 2.97. The SMILES string of the molecule is COc1cccc2sc(=NC(=O)c3ccc4ccccc4c3)n(C)c12. The van der Waals surface area contributed by atoms with Gasteiger partial charge in [0.15, 0.2) is 4.80 Å². The summed E-state index contributed by atoms with van der Waals surface area (Å²) >= 11 is 1.48. The Morgan fingerprint density at radius 3 is 2.64 bits per heavy atom. The van der Waals surface area contributed by atoms with Crippen molar-refractivity contribution >= 4 is 38.2 Å². The third kappa shape index (κ3) is 2.72. The molecule has 0 fully saturated rings. The molecule has 1 amide bonds. The maximum Gasteiger partial charge on any atom is 0.279 e. The minimum atomic E-state index is -0.244. The zero-order chi connectivity index (χ0) is 17.4. The minimum Gasteiger partial charge on any atom is -0.495 e. The largest absolute Gasteiger partial charge is 0.495 e. The number of carbonyl (C=O) groups is 1. The Balaban J connectivity index is 1.83. The molecule has 0 atom stereocenters. The van der Waals surface area contributed by atoms with Gasteiger partial charge in [0.2, 0.25) is 0 Å². The van der Waals surface area contributed by atoms with Crippen LogP contribution in [0.1, 0.15) is 10.4 Å². The van der Waals surface area contributed by atoms with E-state index in [1.165, 1.54) is 11.3 Å². The van der Waals surface area contributed by atoms with Crippen LogP contribution in [0, 0.1) is 0 Å². The first-order valence-corrected chi connectivity index (χ1v) is 8.69. The van der Waals surface area contributed by atoms with Crippen LogP contribution in [0.3, 0.4) is 0 Å². The lowest BCUT2D eigenvalue weighted by Gasteiger charge is -2.03. The van der Waals surface area contributed by atoms with Crippen molar-refractivity contribution in [2.24, 2.45) is 12.0 Å². The second-order valence-corrected chi connectivity index (χ2v) is 6.74. The van der Waals surface area contributed by atoms with Crippen molar-refractivity contribution in [1.29, 1.82) is 0 Å². The van der Waals surface area contributed by atoms with Crippen LogP contribution in [0.5, 0.6) is 5.75 Å². The average molecular weight is 348 g/mol. The van der Waals surface area contributed by atoms with Crippen LogP contribution < -0.4 is 9.54 Å². The Kier molecular flexibility index (Phi) is 3.86. The van der Waals surface area contributed by atoms with Crippen LogP contribution in [0.25, 0.3) is 21.0 Å². The fraction of sp³-hybridized carbons (Fsp3) is 0.100. The number of benzene rings is 3. The van der Waals surface area contributed by atoms with Crippen LogP contribution in [0.15, 0.2) is 65.7 Å². The minimum absolute atomic E-state index is 0.244. The molecular formula is C20H16N2O2S. The summed E-state index contributed by atoms with van der Waals surface area (Å²) < 4.78 is 8.35. The Labute approximate surface area is 148 Å². The van der Waals surface area contributed by atoms with Gasteiger partial charge in [0, 0.05) is 12.6 Å². The molecule has 0 saturated heterocycles. The number of fused-ring (bicyclic) bond motifs is 2. The first-order valence-electron chi connectivity index (χ1n) is 7.88. The zero-order valence-corrected chi connectivity index (χ0v) is 14.7. The summed E-state index contributed by atoms with van der Waals surface area (Å²) in [5.41, 5.74) is 1.53. The number of hydrogen-bond donors (Lipinski definition) is 0. The maximum atomic E-state index is 12.6. The number of rotatable bonds is 2. The molecule has 0 bridgehead atoms. The quantitative estimate of drug-likeness (QED) is 0.546. The molecule has 0 spiro atoms. The molecule has 25 heavy (non-hydrogen) atoms. The highest BCUT2D eigenvalue weighted by Crippen LogP contribution is 2.26. The molecule has 0 aliphatic carbocycles. The van der Waals surface area contributed by atoms with Gasteiger partial charge in [-0.2, -0.15) is 4.99 Å². The fourth-order valence-corrected chi connectivity index (χ4v) is 3.95. The first kappa shape index (κ1) is 15.6. The Morgan fingerprint density at radius 2 is 1.84 bits per heavy atom. The number of thiazole rings is 1. The van der Waals surface area contributed by atoms with Crippen molar-refractivity contribution in [1.82, 2.24) is 4.57 Å². The molecular weight excluding hydrogens is 332 g/mol. The van der Waals surface area contributed by atoms with Gasteiger partial charge in [-0.05, 0) is 35.0 Å². The molecule has 1 heterocycles. The van der Waals surface area contributed by atoms with Gasteiger partial charge in [0.25, 0.3) is 5.91 Å². The van der Waals surface area contributed by atoms with Gasteiger partial charge in [-0.3, -0.25) is 4.79 Å². The third-order valence-corrected chi connectivity index (χ3v) is 5.30. The number of methoxy groups -OCH3 is 1. The summed E-state index contributed by atoms with van der Waals surface area (Å²) in [6.45, 7) is 0. The Morgan fingerprint density at radius 1 is 1.04 bits per heavy atom. The van der Waals surface area contributed by atoms with Crippen molar-refractivity contribution in [3.63, 3.8) is 0 Å². The van der Waals surface area contributed by atoms with Gasteiger partial charge in [0.05, 0.1) is 11.8 Å². The van der Waals surface area contributed by atoms with Crippen molar-refractivity contribution in [3.8, 4) is 5.75 Å². The van der Waals surface area contributed by atoms with Crippen LogP contribution >= 0.6 is 11.3 Å². The number of ether oxygens (including phenoxy) is 1. The normalized spacial score (nSPS) is 12.0. The predicted octanol–water partition coefficient (Wildman–Crippen LogP) is 4.14. The summed E-state index contributed by atoms with van der Waals surface area (Å²) in [6.07, 6.45) is 0. The number of amides is 1. The summed E-state index contributed by atoms with van der Waals surface area (Å²) in [5, 5.41) is 2.14. The molecule has 124 valence electrons. The predicted molar refractivity (Wildman–Crippen MR) is 101 cm³/mol. The van der Waals surface area contributed by atoms with E-state index < -0.39 is 0 Å². The van der Waals surface area contributed by atoms with Gasteiger partial charge in [-0.25, -0.2) is 0 Å². The van der Waals surface area contributed by atoms with Crippen LogP contribution in [-0.4, -0.2) is 17.6 Å². The van der Waals surface area contributed by atoms with Gasteiger partial charge < -0.3 is 9.30 Å². The number of nitrogens with zero attached hydrogens (tertiary/aromatic N) is 2. The molecule has 5 heteroatoms. The third-order valence-electron chi connectivity index (χ3n) is 4.20. The monoisotopic (exact) mass is 348 g/mol. The molecule has 3 aromatic carbocycles. The molecule has 0 N–H and O–H groups in total. The lowest BCUT2D eigenvalue weighted by Crippen LogP contribution is -2.13. The number of aromatic nitrogens is 1. The van der Waals surface area contributed by atoms with E-state index in [0.29, 0.717) is 10.4 Å². The van der Waals surface area contributed by atoms with Crippen LogP contribution in [0.2, 0.25) is 0 Å². The highest BCUT2D eigenvalue weighted by molar-refractivity contribution is 7.16. The van der Waals surface area contributed by atoms with E-state index in [0.717, 1.165) is 26.7 Å². The standard InChI is InChI=1S/C20H16N2O2S/c1-22-18-16(24-2)8-5-9-17(18)25-20(22)21-19(23)15-11-10-13-6-3-4-7-14(13)12-15/h3-12H,1-2H3. The maximum absolute atomic E-state index is 12.6. The molecule has 4 aromatic rings. The van der Waals surface area contributed by atoms with Gasteiger partial charge in [-0.15, -0.1) is 0 Å². The lowest BCUT2D eigenvalue weighted by molar-refractivity contribution is 0.0998. The number of hydrogen-bond acceptors (Lipinski definition) is 3. The highest BCUT2D eigenvalue weighted by atomic mass is 32.1. The Bertz CT molecular complexity index is 1170. The van der Waals surface area contributed by atoms with Crippen molar-refractivity contribution in [3.05, 3.63) is 71.0 Å². The molecule has 0 saturated carbocycles. The van der Waals surface area contributed by atoms with Crippen LogP contribution in [-0.2, 0) is 7.05 Å². The number of aryl methyl sites for hydroxylation is 1. The topological polar surface area (TPSA) is 43.6 Å². The highest BCUT2D eigenvalue weighted by Gasteiger charge is 2.10. The second-order valence-electron chi connectivity index (χ2n) is 5.73. The molecule has 0 aliphatic rings. The zero-order valence-electron chi connectivity index (χ0n) is 13.9. The van der Waals surface area contributed by atoms with E-state index in [1.54, 1.807) is 7.11 Å².